The third kappa shape index (κ3) is 6.14. The van der Waals surface area contributed by atoms with E-state index in [-0.39, 0.29) is 5.91 Å². The molecule has 2 N–H and O–H groups in total. The van der Waals surface area contributed by atoms with Gasteiger partial charge in [-0.25, -0.2) is 9.97 Å². The predicted molar refractivity (Wildman–Crippen MR) is 140 cm³/mol. The van der Waals surface area contributed by atoms with Gasteiger partial charge in [0, 0.05) is 30.0 Å². The molecule has 0 saturated carbocycles. The van der Waals surface area contributed by atoms with E-state index in [1.54, 1.807) is 36.0 Å². The van der Waals surface area contributed by atoms with E-state index in [9.17, 15) is 4.79 Å². The number of aromatic nitrogens is 3. The summed E-state index contributed by atoms with van der Waals surface area (Å²) in [6.07, 6.45) is 3.45. The molecule has 0 aliphatic rings. The van der Waals surface area contributed by atoms with Crippen molar-refractivity contribution in [2.24, 2.45) is 0 Å². The molecule has 0 aliphatic carbocycles. The van der Waals surface area contributed by atoms with Crippen molar-refractivity contribution in [3.63, 3.8) is 0 Å². The number of carbonyl (C=O) groups is 1. The second kappa shape index (κ2) is 11.5. The van der Waals surface area contributed by atoms with Gasteiger partial charge in [0.05, 0.1) is 16.3 Å². The average molecular weight is 516 g/mol. The summed E-state index contributed by atoms with van der Waals surface area (Å²) in [5, 5.41) is 7.29. The molecule has 0 saturated heterocycles. The SMILES string of the molecule is CCSCC(=O)NCCn1ccc2ncnc(Nc3ccc(Oc4cccc(Cl)c4)c(Cl)c3)c21. The second-order valence-electron chi connectivity index (χ2n) is 7.28. The molecule has 2 heterocycles. The Kier molecular flexibility index (Phi) is 8.16. The molecule has 1 amide bonds. The van der Waals surface area contributed by atoms with Crippen LogP contribution in [0, 0.1) is 0 Å². The van der Waals surface area contributed by atoms with Gasteiger partial charge in [-0.2, -0.15) is 11.8 Å². The van der Waals surface area contributed by atoms with Crippen LogP contribution in [-0.2, 0) is 11.3 Å². The van der Waals surface area contributed by atoms with E-state index in [4.69, 9.17) is 27.9 Å². The van der Waals surface area contributed by atoms with Gasteiger partial charge in [-0.3, -0.25) is 4.79 Å². The Morgan fingerprint density at radius 3 is 2.82 bits per heavy atom. The maximum atomic E-state index is 11.9. The zero-order chi connectivity index (χ0) is 23.9. The van der Waals surface area contributed by atoms with Crippen molar-refractivity contribution in [2.45, 2.75) is 13.5 Å². The Hall–Kier alpha value is -2.94. The number of nitrogens with zero attached hydrogens (tertiary/aromatic N) is 3. The summed E-state index contributed by atoms with van der Waals surface area (Å²) in [4.78, 5) is 20.7. The minimum atomic E-state index is 0.0348. The lowest BCUT2D eigenvalue weighted by atomic mass is 10.3. The van der Waals surface area contributed by atoms with Gasteiger partial charge in [0.1, 0.15) is 23.3 Å². The van der Waals surface area contributed by atoms with Crippen molar-refractivity contribution >= 4 is 63.4 Å². The lowest BCUT2D eigenvalue weighted by molar-refractivity contribution is -0.118. The smallest absolute Gasteiger partial charge is 0.230 e. The van der Waals surface area contributed by atoms with Crippen LogP contribution in [0.3, 0.4) is 0 Å². The zero-order valence-corrected chi connectivity index (χ0v) is 20.8. The van der Waals surface area contributed by atoms with Crippen LogP contribution in [0.15, 0.2) is 61.1 Å². The first kappa shape index (κ1) is 24.2. The van der Waals surface area contributed by atoms with E-state index >= 15 is 0 Å². The van der Waals surface area contributed by atoms with Gasteiger partial charge < -0.3 is 19.9 Å². The monoisotopic (exact) mass is 515 g/mol. The number of amides is 1. The van der Waals surface area contributed by atoms with Crippen molar-refractivity contribution in [1.29, 1.82) is 0 Å². The van der Waals surface area contributed by atoms with E-state index in [0.29, 0.717) is 46.2 Å². The molecule has 0 unspecified atom stereocenters. The molecule has 176 valence electrons. The van der Waals surface area contributed by atoms with E-state index < -0.39 is 0 Å². The van der Waals surface area contributed by atoms with Gasteiger partial charge >= 0.3 is 0 Å². The number of rotatable bonds is 10. The first-order valence-corrected chi connectivity index (χ1v) is 12.6. The number of benzene rings is 2. The maximum absolute atomic E-state index is 11.9. The lowest BCUT2D eigenvalue weighted by Crippen LogP contribution is -2.28. The Balaban J connectivity index is 1.48. The van der Waals surface area contributed by atoms with Crippen LogP contribution in [0.4, 0.5) is 11.5 Å². The highest BCUT2D eigenvalue weighted by Crippen LogP contribution is 2.34. The molecule has 0 spiro atoms. The molecule has 4 aromatic rings. The fourth-order valence-corrected chi connectivity index (χ4v) is 4.22. The molecule has 7 nitrogen and oxygen atoms in total. The first-order chi connectivity index (χ1) is 16.5. The van der Waals surface area contributed by atoms with Crippen LogP contribution in [0.2, 0.25) is 10.0 Å². The average Bonchev–Trinajstić information content (AvgIpc) is 3.24. The quantitative estimate of drug-likeness (QED) is 0.264. The fourth-order valence-electron chi connectivity index (χ4n) is 3.33. The summed E-state index contributed by atoms with van der Waals surface area (Å²) in [6, 6.07) is 14.5. The maximum Gasteiger partial charge on any atom is 0.230 e. The highest BCUT2D eigenvalue weighted by Gasteiger charge is 2.12. The third-order valence-corrected chi connectivity index (χ3v) is 6.29. The number of nitrogens with one attached hydrogen (secondary N) is 2. The number of halogens is 2. The van der Waals surface area contributed by atoms with Gasteiger partial charge in [0.2, 0.25) is 5.91 Å². The van der Waals surface area contributed by atoms with E-state index in [1.165, 1.54) is 6.33 Å². The van der Waals surface area contributed by atoms with Crippen molar-refractivity contribution in [3.05, 3.63) is 71.1 Å². The third-order valence-electron chi connectivity index (χ3n) is 4.88. The Morgan fingerprint density at radius 1 is 1.15 bits per heavy atom. The van der Waals surface area contributed by atoms with Crippen LogP contribution >= 0.6 is 35.0 Å². The molecule has 2 aromatic heterocycles. The van der Waals surface area contributed by atoms with Gasteiger partial charge in [-0.05, 0) is 48.2 Å². The van der Waals surface area contributed by atoms with Gasteiger partial charge in [-0.1, -0.05) is 36.2 Å². The van der Waals surface area contributed by atoms with E-state index in [0.717, 1.165) is 22.5 Å². The highest BCUT2D eigenvalue weighted by atomic mass is 35.5. The zero-order valence-electron chi connectivity index (χ0n) is 18.4. The summed E-state index contributed by atoms with van der Waals surface area (Å²) in [5.74, 6) is 3.18. The second-order valence-corrected chi connectivity index (χ2v) is 9.40. The van der Waals surface area contributed by atoms with Crippen LogP contribution in [0.1, 0.15) is 6.92 Å². The van der Waals surface area contributed by atoms with Crippen LogP contribution < -0.4 is 15.4 Å². The fraction of sp³-hybridized carbons (Fsp3) is 0.208. The molecular weight excluding hydrogens is 493 g/mol. The number of ether oxygens (including phenoxy) is 1. The molecule has 0 fully saturated rings. The summed E-state index contributed by atoms with van der Waals surface area (Å²) in [5.41, 5.74) is 2.40. The van der Waals surface area contributed by atoms with Gasteiger partial charge in [0.15, 0.2) is 5.82 Å². The molecule has 0 atom stereocenters. The normalized spacial score (nSPS) is 10.9. The Bertz CT molecular complexity index is 1300. The number of carbonyl (C=O) groups excluding carboxylic acids is 1. The number of hydrogen-bond donors (Lipinski definition) is 2. The molecule has 10 heteroatoms. The standard InChI is InChI=1S/C24H23Cl2N5O2S/c1-2-34-14-22(32)27-9-11-31-10-8-20-23(31)24(29-15-28-20)30-17-6-7-21(19(26)13-17)33-18-5-3-4-16(25)12-18/h3-8,10,12-13,15H,2,9,11,14H2,1H3,(H,27,32)(H,28,29,30). The molecule has 2 aromatic carbocycles. The predicted octanol–water partition coefficient (Wildman–Crippen LogP) is 6.14. The number of anilines is 2. The van der Waals surface area contributed by atoms with Crippen molar-refractivity contribution in [1.82, 2.24) is 19.9 Å². The molecule has 4 rings (SSSR count). The molecule has 0 aliphatic heterocycles. The number of hydrogen-bond acceptors (Lipinski definition) is 6. The molecule has 34 heavy (non-hydrogen) atoms. The van der Waals surface area contributed by atoms with Crippen molar-refractivity contribution in [2.75, 3.05) is 23.4 Å². The molecule has 0 radical (unpaired) electrons. The van der Waals surface area contributed by atoms with Crippen LogP contribution in [0.25, 0.3) is 11.0 Å². The van der Waals surface area contributed by atoms with Gasteiger partial charge in [-0.15, -0.1) is 0 Å². The molecule has 0 bridgehead atoms. The lowest BCUT2D eigenvalue weighted by Gasteiger charge is -2.13. The minimum absolute atomic E-state index is 0.0348. The minimum Gasteiger partial charge on any atom is -0.456 e. The van der Waals surface area contributed by atoms with Crippen molar-refractivity contribution in [3.8, 4) is 11.5 Å². The van der Waals surface area contributed by atoms with Crippen LogP contribution in [0.5, 0.6) is 11.5 Å². The topological polar surface area (TPSA) is 81.1 Å². The van der Waals surface area contributed by atoms with E-state index in [1.807, 2.05) is 42.0 Å². The summed E-state index contributed by atoms with van der Waals surface area (Å²) >= 11 is 14.1. The summed E-state index contributed by atoms with van der Waals surface area (Å²) in [6.45, 7) is 3.15. The Morgan fingerprint density at radius 2 is 2.03 bits per heavy atom. The highest BCUT2D eigenvalue weighted by molar-refractivity contribution is 7.99. The summed E-state index contributed by atoms with van der Waals surface area (Å²) in [7, 11) is 0. The largest absolute Gasteiger partial charge is 0.456 e. The van der Waals surface area contributed by atoms with Gasteiger partial charge in [0.25, 0.3) is 0 Å². The molecular formula is C24H23Cl2N5O2S. The Labute approximate surface area is 211 Å². The first-order valence-electron chi connectivity index (χ1n) is 10.7. The van der Waals surface area contributed by atoms with Crippen LogP contribution in [-0.4, -0.2) is 38.5 Å². The number of thioether (sulfide) groups is 1. The summed E-state index contributed by atoms with van der Waals surface area (Å²) < 4.78 is 7.87. The number of fused-ring (bicyclic) bond motifs is 1. The van der Waals surface area contributed by atoms with E-state index in [2.05, 4.69) is 20.6 Å². The van der Waals surface area contributed by atoms with Crippen molar-refractivity contribution < 1.29 is 9.53 Å².